The van der Waals surface area contributed by atoms with Gasteiger partial charge in [0.15, 0.2) is 0 Å². The Morgan fingerprint density at radius 2 is 2.50 bits per heavy atom. The number of nitrogens with zero attached hydrogens (tertiary/aromatic N) is 3. The normalized spacial score (nSPS) is 20.4. The molecule has 5 nitrogen and oxygen atoms in total. The molecule has 2 aromatic rings. The van der Waals surface area contributed by atoms with Crippen molar-refractivity contribution in [1.82, 2.24) is 19.9 Å². The molecule has 1 unspecified atom stereocenters. The molecule has 5 heteroatoms. The lowest BCUT2D eigenvalue weighted by Crippen LogP contribution is -2.40. The van der Waals surface area contributed by atoms with E-state index in [0.717, 1.165) is 49.5 Å². The largest absolute Gasteiger partial charge is 0.375 e. The van der Waals surface area contributed by atoms with Gasteiger partial charge in [0.05, 0.1) is 24.4 Å². The van der Waals surface area contributed by atoms with E-state index in [1.54, 1.807) is 0 Å². The molecule has 0 aliphatic carbocycles. The minimum Gasteiger partial charge on any atom is -0.375 e. The van der Waals surface area contributed by atoms with Gasteiger partial charge in [-0.1, -0.05) is 0 Å². The van der Waals surface area contributed by atoms with E-state index in [1.165, 1.54) is 0 Å². The summed E-state index contributed by atoms with van der Waals surface area (Å²) in [5.74, 6) is 1.09. The van der Waals surface area contributed by atoms with E-state index in [9.17, 15) is 0 Å². The van der Waals surface area contributed by atoms with Crippen LogP contribution in [0.5, 0.6) is 0 Å². The summed E-state index contributed by atoms with van der Waals surface area (Å²) in [5, 5.41) is 3.35. The van der Waals surface area contributed by atoms with Gasteiger partial charge in [-0.3, -0.25) is 4.98 Å². The third-order valence-corrected chi connectivity index (χ3v) is 3.36. The van der Waals surface area contributed by atoms with Crippen molar-refractivity contribution in [2.45, 2.75) is 26.0 Å². The minimum absolute atomic E-state index is 0.230. The topological polar surface area (TPSA) is 52.0 Å². The van der Waals surface area contributed by atoms with Crippen molar-refractivity contribution < 1.29 is 4.74 Å². The van der Waals surface area contributed by atoms with Crippen LogP contribution in [0.3, 0.4) is 0 Å². The Bertz CT molecular complexity index is 531. The van der Waals surface area contributed by atoms with E-state index in [-0.39, 0.29) is 6.10 Å². The molecule has 0 aromatic carbocycles. The van der Waals surface area contributed by atoms with Crippen LogP contribution in [-0.4, -0.2) is 40.3 Å². The van der Waals surface area contributed by atoms with Gasteiger partial charge in [0.25, 0.3) is 0 Å². The highest BCUT2D eigenvalue weighted by Crippen LogP contribution is 2.17. The minimum atomic E-state index is 0.230. The van der Waals surface area contributed by atoms with E-state index in [4.69, 9.17) is 4.74 Å². The molecule has 1 atom stereocenters. The van der Waals surface area contributed by atoms with Crippen LogP contribution in [-0.2, 0) is 17.7 Å². The summed E-state index contributed by atoms with van der Waals surface area (Å²) in [6.45, 7) is 5.72. The maximum Gasteiger partial charge on any atom is 0.112 e. The van der Waals surface area contributed by atoms with Gasteiger partial charge in [0.1, 0.15) is 11.3 Å². The first-order chi connectivity index (χ1) is 8.88. The summed E-state index contributed by atoms with van der Waals surface area (Å²) in [4.78, 5) is 8.80. The Hall–Kier alpha value is -1.46. The highest BCUT2D eigenvalue weighted by atomic mass is 16.5. The number of fused-ring (bicyclic) bond motifs is 1. The monoisotopic (exact) mass is 246 g/mol. The van der Waals surface area contributed by atoms with Crippen molar-refractivity contribution in [3.8, 4) is 0 Å². The number of hydrogen-bond acceptors (Lipinski definition) is 4. The number of ether oxygens (including phenoxy) is 1. The lowest BCUT2D eigenvalue weighted by Gasteiger charge is -2.23. The van der Waals surface area contributed by atoms with Crippen LogP contribution >= 0.6 is 0 Å². The number of aryl methyl sites for hydroxylation is 1. The van der Waals surface area contributed by atoms with Crippen LogP contribution < -0.4 is 5.32 Å². The predicted octanol–water partition coefficient (Wildman–Crippen LogP) is 0.982. The Kier molecular flexibility index (Phi) is 3.25. The summed E-state index contributed by atoms with van der Waals surface area (Å²) < 4.78 is 7.99. The standard InChI is InChI=1S/C13H18N4O/c1-2-17-12-3-4-14-9-11(12)16-13(17)7-10-8-15-5-6-18-10/h3-4,9-10,15H,2,5-8H2,1H3. The fourth-order valence-electron chi connectivity index (χ4n) is 2.49. The van der Waals surface area contributed by atoms with Crippen molar-refractivity contribution >= 4 is 11.0 Å². The SMILES string of the molecule is CCn1c(CC2CNCCO2)nc2cnccc21. The van der Waals surface area contributed by atoms with Gasteiger partial charge < -0.3 is 14.6 Å². The summed E-state index contributed by atoms with van der Waals surface area (Å²) in [5.41, 5.74) is 2.13. The predicted molar refractivity (Wildman–Crippen MR) is 69.5 cm³/mol. The second kappa shape index (κ2) is 5.04. The van der Waals surface area contributed by atoms with Crippen molar-refractivity contribution in [2.75, 3.05) is 19.7 Å². The summed E-state index contributed by atoms with van der Waals surface area (Å²) in [6, 6.07) is 2.02. The summed E-state index contributed by atoms with van der Waals surface area (Å²) in [7, 11) is 0. The maximum atomic E-state index is 5.75. The van der Waals surface area contributed by atoms with E-state index in [2.05, 4.69) is 26.8 Å². The summed E-state index contributed by atoms with van der Waals surface area (Å²) in [6.07, 6.45) is 4.73. The van der Waals surface area contributed by atoms with Gasteiger partial charge in [0, 0.05) is 32.3 Å². The van der Waals surface area contributed by atoms with E-state index >= 15 is 0 Å². The molecule has 1 aliphatic heterocycles. The summed E-state index contributed by atoms with van der Waals surface area (Å²) >= 11 is 0. The third kappa shape index (κ3) is 2.11. The molecule has 1 saturated heterocycles. The fourth-order valence-corrected chi connectivity index (χ4v) is 2.49. The molecule has 1 N–H and O–H groups in total. The highest BCUT2D eigenvalue weighted by molar-refractivity contribution is 5.74. The average molecular weight is 246 g/mol. The molecule has 0 spiro atoms. The first-order valence-electron chi connectivity index (χ1n) is 6.50. The first kappa shape index (κ1) is 11.6. The van der Waals surface area contributed by atoms with Gasteiger partial charge in [-0.2, -0.15) is 0 Å². The molecule has 1 fully saturated rings. The second-order valence-electron chi connectivity index (χ2n) is 4.54. The zero-order valence-electron chi connectivity index (χ0n) is 10.6. The number of rotatable bonds is 3. The van der Waals surface area contributed by atoms with Gasteiger partial charge >= 0.3 is 0 Å². The molecule has 96 valence electrons. The Labute approximate surface area is 106 Å². The van der Waals surface area contributed by atoms with Crippen molar-refractivity contribution in [3.05, 3.63) is 24.3 Å². The van der Waals surface area contributed by atoms with Crippen LogP contribution in [0.2, 0.25) is 0 Å². The Morgan fingerprint density at radius 1 is 1.56 bits per heavy atom. The van der Waals surface area contributed by atoms with Gasteiger partial charge in [0.2, 0.25) is 0 Å². The smallest absolute Gasteiger partial charge is 0.112 e. The molecule has 0 saturated carbocycles. The van der Waals surface area contributed by atoms with Crippen molar-refractivity contribution in [1.29, 1.82) is 0 Å². The quantitative estimate of drug-likeness (QED) is 0.877. The number of aromatic nitrogens is 3. The molecule has 18 heavy (non-hydrogen) atoms. The number of nitrogens with one attached hydrogen (secondary N) is 1. The first-order valence-corrected chi connectivity index (χ1v) is 6.50. The van der Waals surface area contributed by atoms with Crippen LogP contribution in [0.1, 0.15) is 12.7 Å². The molecule has 0 bridgehead atoms. The van der Waals surface area contributed by atoms with Crippen LogP contribution in [0.15, 0.2) is 18.5 Å². The fraction of sp³-hybridized carbons (Fsp3) is 0.538. The molecular formula is C13H18N4O. The van der Waals surface area contributed by atoms with E-state index in [1.807, 2.05) is 18.5 Å². The van der Waals surface area contributed by atoms with Crippen LogP contribution in [0.4, 0.5) is 0 Å². The number of imidazole rings is 1. The van der Waals surface area contributed by atoms with Crippen molar-refractivity contribution in [3.63, 3.8) is 0 Å². The van der Waals surface area contributed by atoms with E-state index < -0.39 is 0 Å². The van der Waals surface area contributed by atoms with Crippen LogP contribution in [0.25, 0.3) is 11.0 Å². The maximum absolute atomic E-state index is 5.75. The molecule has 3 heterocycles. The Morgan fingerprint density at radius 3 is 3.28 bits per heavy atom. The number of hydrogen-bond donors (Lipinski definition) is 1. The molecule has 2 aromatic heterocycles. The van der Waals surface area contributed by atoms with Gasteiger partial charge in [-0.05, 0) is 13.0 Å². The van der Waals surface area contributed by atoms with Gasteiger partial charge in [-0.25, -0.2) is 4.98 Å². The molecule has 1 aliphatic rings. The zero-order chi connectivity index (χ0) is 12.4. The molecule has 0 amide bonds. The lowest BCUT2D eigenvalue weighted by molar-refractivity contribution is 0.0276. The Balaban J connectivity index is 1.90. The lowest BCUT2D eigenvalue weighted by atomic mass is 10.2. The van der Waals surface area contributed by atoms with Crippen LogP contribution in [0, 0.1) is 0 Å². The van der Waals surface area contributed by atoms with Gasteiger partial charge in [-0.15, -0.1) is 0 Å². The average Bonchev–Trinajstić information content (AvgIpc) is 2.77. The third-order valence-electron chi connectivity index (χ3n) is 3.36. The number of pyridine rings is 1. The second-order valence-corrected chi connectivity index (χ2v) is 4.54. The number of morpholine rings is 1. The zero-order valence-corrected chi connectivity index (χ0v) is 10.6. The highest BCUT2D eigenvalue weighted by Gasteiger charge is 2.18. The van der Waals surface area contributed by atoms with E-state index in [0.29, 0.717) is 0 Å². The molecule has 0 radical (unpaired) electrons. The van der Waals surface area contributed by atoms with Crippen molar-refractivity contribution in [2.24, 2.45) is 0 Å². The molecule has 3 rings (SSSR count). The molecular weight excluding hydrogens is 228 g/mol.